The van der Waals surface area contributed by atoms with Crippen molar-refractivity contribution in [3.05, 3.63) is 52.3 Å². The number of thiocarbonyl (C=S) groups is 1. The van der Waals surface area contributed by atoms with E-state index >= 15 is 0 Å². The smallest absolute Gasteiger partial charge is 0.148 e. The fourth-order valence-electron chi connectivity index (χ4n) is 1.83. The molecule has 1 aromatic carbocycles. The number of benzene rings is 1. The molecule has 104 valence electrons. The van der Waals surface area contributed by atoms with Crippen molar-refractivity contribution in [3.8, 4) is 11.5 Å². The van der Waals surface area contributed by atoms with Crippen LogP contribution in [-0.2, 0) is 6.42 Å². The van der Waals surface area contributed by atoms with E-state index in [4.69, 9.17) is 34.3 Å². The molecule has 0 saturated carbocycles. The van der Waals surface area contributed by atoms with Crippen molar-refractivity contribution in [2.24, 2.45) is 5.73 Å². The Labute approximate surface area is 128 Å². The number of halogens is 1. The van der Waals surface area contributed by atoms with Crippen LogP contribution in [-0.4, -0.2) is 9.97 Å². The van der Waals surface area contributed by atoms with E-state index < -0.39 is 0 Å². The SMILES string of the molecule is CCc1nc(C)ccc1Oc1ccc(C(N)=S)c(Cl)c1. The van der Waals surface area contributed by atoms with Crippen LogP contribution < -0.4 is 10.5 Å². The van der Waals surface area contributed by atoms with Crippen LogP contribution in [0.3, 0.4) is 0 Å². The van der Waals surface area contributed by atoms with Gasteiger partial charge in [0, 0.05) is 17.3 Å². The average Bonchev–Trinajstić information content (AvgIpc) is 2.40. The van der Waals surface area contributed by atoms with Crippen LogP contribution >= 0.6 is 23.8 Å². The lowest BCUT2D eigenvalue weighted by atomic mass is 10.2. The van der Waals surface area contributed by atoms with Gasteiger partial charge >= 0.3 is 0 Å². The first-order valence-electron chi connectivity index (χ1n) is 6.25. The van der Waals surface area contributed by atoms with Gasteiger partial charge in [-0.15, -0.1) is 0 Å². The quantitative estimate of drug-likeness (QED) is 0.866. The van der Waals surface area contributed by atoms with Crippen LogP contribution in [0.4, 0.5) is 0 Å². The van der Waals surface area contributed by atoms with E-state index in [0.29, 0.717) is 16.3 Å². The second-order valence-electron chi connectivity index (χ2n) is 4.36. The molecule has 3 nitrogen and oxygen atoms in total. The van der Waals surface area contributed by atoms with Gasteiger partial charge in [0.05, 0.1) is 10.7 Å². The van der Waals surface area contributed by atoms with Crippen molar-refractivity contribution in [1.82, 2.24) is 4.98 Å². The Bertz CT molecular complexity index is 658. The molecule has 0 aliphatic rings. The minimum absolute atomic E-state index is 0.271. The summed E-state index contributed by atoms with van der Waals surface area (Å²) in [5, 5.41) is 0.480. The van der Waals surface area contributed by atoms with Gasteiger partial charge < -0.3 is 10.5 Å². The molecule has 0 aliphatic carbocycles. The molecule has 0 radical (unpaired) electrons. The van der Waals surface area contributed by atoms with E-state index in [1.165, 1.54) is 0 Å². The first-order valence-corrected chi connectivity index (χ1v) is 7.03. The number of aromatic nitrogens is 1. The molecule has 5 heteroatoms. The molecule has 0 spiro atoms. The monoisotopic (exact) mass is 306 g/mol. The molecule has 20 heavy (non-hydrogen) atoms. The third kappa shape index (κ3) is 3.26. The summed E-state index contributed by atoms with van der Waals surface area (Å²) in [6, 6.07) is 9.08. The zero-order valence-corrected chi connectivity index (χ0v) is 12.9. The summed E-state index contributed by atoms with van der Waals surface area (Å²) in [4.78, 5) is 4.73. The highest BCUT2D eigenvalue weighted by Gasteiger charge is 2.08. The van der Waals surface area contributed by atoms with E-state index in [0.717, 1.165) is 23.6 Å². The standard InChI is InChI=1S/C15H15ClN2OS/c1-3-13-14(7-4-9(2)18-13)19-10-5-6-11(15(17)20)12(16)8-10/h4-8H,3H2,1-2H3,(H2,17,20). The molecular formula is C15H15ClN2OS. The maximum atomic E-state index is 6.13. The van der Waals surface area contributed by atoms with Crippen molar-refractivity contribution < 1.29 is 4.74 Å². The lowest BCUT2D eigenvalue weighted by Crippen LogP contribution is -2.09. The van der Waals surface area contributed by atoms with Crippen LogP contribution in [0.2, 0.25) is 5.02 Å². The van der Waals surface area contributed by atoms with Crippen molar-refractivity contribution in [3.63, 3.8) is 0 Å². The van der Waals surface area contributed by atoms with E-state index in [2.05, 4.69) is 4.98 Å². The normalized spacial score (nSPS) is 10.3. The molecule has 0 saturated heterocycles. The van der Waals surface area contributed by atoms with E-state index in [1.54, 1.807) is 18.2 Å². The summed E-state index contributed by atoms with van der Waals surface area (Å²) in [5.74, 6) is 1.37. The number of aryl methyl sites for hydroxylation is 2. The summed E-state index contributed by atoms with van der Waals surface area (Å²) >= 11 is 11.0. The van der Waals surface area contributed by atoms with Gasteiger partial charge in [0.1, 0.15) is 16.5 Å². The Kier molecular flexibility index (Phi) is 4.57. The Hall–Kier alpha value is -1.65. The highest BCUT2D eigenvalue weighted by molar-refractivity contribution is 7.80. The minimum Gasteiger partial charge on any atom is -0.455 e. The van der Waals surface area contributed by atoms with E-state index in [9.17, 15) is 0 Å². The third-order valence-electron chi connectivity index (χ3n) is 2.84. The van der Waals surface area contributed by atoms with Gasteiger partial charge in [-0.3, -0.25) is 4.98 Å². The van der Waals surface area contributed by atoms with Crippen molar-refractivity contribution in [2.75, 3.05) is 0 Å². The molecule has 2 N–H and O–H groups in total. The number of pyridine rings is 1. The van der Waals surface area contributed by atoms with Gasteiger partial charge in [0.25, 0.3) is 0 Å². The minimum atomic E-state index is 0.271. The molecule has 0 fully saturated rings. The molecular weight excluding hydrogens is 292 g/mol. The predicted molar refractivity (Wildman–Crippen MR) is 85.8 cm³/mol. The molecule has 0 aliphatic heterocycles. The lowest BCUT2D eigenvalue weighted by molar-refractivity contribution is 0.473. The van der Waals surface area contributed by atoms with Crippen LogP contribution in [0.5, 0.6) is 11.5 Å². The highest BCUT2D eigenvalue weighted by atomic mass is 35.5. The topological polar surface area (TPSA) is 48.1 Å². The molecule has 0 unspecified atom stereocenters. The van der Waals surface area contributed by atoms with Gasteiger partial charge in [-0.1, -0.05) is 30.7 Å². The van der Waals surface area contributed by atoms with Crippen LogP contribution in [0.1, 0.15) is 23.9 Å². The molecule has 2 aromatic rings. The fraction of sp³-hybridized carbons (Fsp3) is 0.200. The van der Waals surface area contributed by atoms with Gasteiger partial charge in [-0.2, -0.15) is 0 Å². The molecule has 0 bridgehead atoms. The van der Waals surface area contributed by atoms with Gasteiger partial charge in [-0.05, 0) is 37.6 Å². The molecule has 2 rings (SSSR count). The number of nitrogens with zero attached hydrogens (tertiary/aromatic N) is 1. The number of ether oxygens (including phenoxy) is 1. The zero-order chi connectivity index (χ0) is 14.7. The summed E-state index contributed by atoms with van der Waals surface area (Å²) < 4.78 is 5.84. The van der Waals surface area contributed by atoms with Crippen molar-refractivity contribution in [2.45, 2.75) is 20.3 Å². The van der Waals surface area contributed by atoms with Crippen LogP contribution in [0.25, 0.3) is 0 Å². The molecule has 0 atom stereocenters. The Morgan fingerprint density at radius 3 is 2.70 bits per heavy atom. The molecule has 0 amide bonds. The van der Waals surface area contributed by atoms with Crippen molar-refractivity contribution in [1.29, 1.82) is 0 Å². The second kappa shape index (κ2) is 6.20. The maximum Gasteiger partial charge on any atom is 0.148 e. The van der Waals surface area contributed by atoms with Gasteiger partial charge in [0.2, 0.25) is 0 Å². The average molecular weight is 307 g/mol. The fourth-order valence-corrected chi connectivity index (χ4v) is 2.34. The van der Waals surface area contributed by atoms with Crippen LogP contribution in [0.15, 0.2) is 30.3 Å². The first-order chi connectivity index (χ1) is 9.51. The second-order valence-corrected chi connectivity index (χ2v) is 5.21. The number of hydrogen-bond donors (Lipinski definition) is 1. The number of nitrogens with two attached hydrogens (primary N) is 1. The van der Waals surface area contributed by atoms with E-state index in [-0.39, 0.29) is 4.99 Å². The summed E-state index contributed by atoms with van der Waals surface area (Å²) in [5.41, 5.74) is 8.11. The van der Waals surface area contributed by atoms with Crippen molar-refractivity contribution >= 4 is 28.8 Å². The number of rotatable bonds is 4. The predicted octanol–water partition coefficient (Wildman–Crippen LogP) is 4.03. The number of hydrogen-bond acceptors (Lipinski definition) is 3. The van der Waals surface area contributed by atoms with Gasteiger partial charge in [-0.25, -0.2) is 0 Å². The third-order valence-corrected chi connectivity index (χ3v) is 3.37. The first kappa shape index (κ1) is 14.8. The molecule has 1 heterocycles. The van der Waals surface area contributed by atoms with Crippen LogP contribution in [0, 0.1) is 6.92 Å². The Balaban J connectivity index is 2.31. The lowest BCUT2D eigenvalue weighted by Gasteiger charge is -2.11. The Morgan fingerprint density at radius 1 is 1.35 bits per heavy atom. The van der Waals surface area contributed by atoms with Gasteiger partial charge in [0.15, 0.2) is 0 Å². The zero-order valence-electron chi connectivity index (χ0n) is 11.3. The maximum absolute atomic E-state index is 6.13. The van der Waals surface area contributed by atoms with E-state index in [1.807, 2.05) is 26.0 Å². The summed E-state index contributed by atoms with van der Waals surface area (Å²) in [6.45, 7) is 3.99. The largest absolute Gasteiger partial charge is 0.455 e. The molecule has 1 aromatic heterocycles. The highest BCUT2D eigenvalue weighted by Crippen LogP contribution is 2.28. The summed E-state index contributed by atoms with van der Waals surface area (Å²) in [7, 11) is 0. The Morgan fingerprint density at radius 2 is 2.10 bits per heavy atom. The summed E-state index contributed by atoms with van der Waals surface area (Å²) in [6.07, 6.45) is 0.801.